The van der Waals surface area contributed by atoms with Crippen molar-refractivity contribution in [3.63, 3.8) is 0 Å². The summed E-state index contributed by atoms with van der Waals surface area (Å²) in [4.78, 5) is 2.73. The first-order chi connectivity index (χ1) is 9.33. The van der Waals surface area contributed by atoms with Crippen molar-refractivity contribution < 1.29 is 0 Å². The van der Waals surface area contributed by atoms with Gasteiger partial charge >= 0.3 is 0 Å². The Morgan fingerprint density at radius 2 is 1.58 bits per heavy atom. The van der Waals surface area contributed by atoms with Crippen LogP contribution in [0.3, 0.4) is 0 Å². The van der Waals surface area contributed by atoms with Crippen molar-refractivity contribution in [3.8, 4) is 0 Å². The highest BCUT2D eigenvalue weighted by Gasteiger charge is 2.26. The van der Waals surface area contributed by atoms with Gasteiger partial charge in [-0.2, -0.15) is 0 Å². The van der Waals surface area contributed by atoms with Crippen molar-refractivity contribution in [3.05, 3.63) is 34.3 Å². The fraction of sp³-hybridized carbons (Fsp3) is 0.625. The van der Waals surface area contributed by atoms with E-state index in [0.29, 0.717) is 0 Å². The summed E-state index contributed by atoms with van der Waals surface area (Å²) >= 11 is 3.52. The van der Waals surface area contributed by atoms with Gasteiger partial charge in [0.1, 0.15) is 0 Å². The molecule has 0 radical (unpaired) electrons. The van der Waals surface area contributed by atoms with Gasteiger partial charge in [0.15, 0.2) is 0 Å². The first-order valence-corrected chi connectivity index (χ1v) is 8.32. The van der Waals surface area contributed by atoms with Gasteiger partial charge in [-0.15, -0.1) is 0 Å². The summed E-state index contributed by atoms with van der Waals surface area (Å²) in [7, 11) is 0. The van der Waals surface area contributed by atoms with Crippen LogP contribution in [-0.2, 0) is 0 Å². The predicted molar refractivity (Wildman–Crippen MR) is 83.6 cm³/mol. The minimum absolute atomic E-state index is 0.770. The second-order valence-electron chi connectivity index (χ2n) is 5.84. The number of halogens is 1. The Bertz CT molecular complexity index is 390. The van der Waals surface area contributed by atoms with E-state index in [0.717, 1.165) is 12.0 Å². The first-order valence-electron chi connectivity index (χ1n) is 7.53. The molecule has 0 amide bonds. The molecule has 0 unspecified atom stereocenters. The second kappa shape index (κ2) is 6.38. The molecule has 2 saturated heterocycles. The summed E-state index contributed by atoms with van der Waals surface area (Å²) < 4.78 is 1.18. The zero-order valence-corrected chi connectivity index (χ0v) is 13.0. The van der Waals surface area contributed by atoms with E-state index in [9.17, 15) is 0 Å². The van der Waals surface area contributed by atoms with E-state index in [2.05, 4.69) is 50.4 Å². The van der Waals surface area contributed by atoms with Crippen molar-refractivity contribution in [1.82, 2.24) is 10.2 Å². The average Bonchev–Trinajstić information content (AvgIpc) is 2.49. The summed E-state index contributed by atoms with van der Waals surface area (Å²) in [6.45, 7) is 4.98. The van der Waals surface area contributed by atoms with Gasteiger partial charge < -0.3 is 10.2 Å². The van der Waals surface area contributed by atoms with Crippen LogP contribution < -0.4 is 5.32 Å². The van der Waals surface area contributed by atoms with Crippen molar-refractivity contribution in [1.29, 1.82) is 0 Å². The van der Waals surface area contributed by atoms with Crippen molar-refractivity contribution in [2.45, 2.75) is 37.6 Å². The van der Waals surface area contributed by atoms with Crippen LogP contribution in [0.2, 0.25) is 0 Å². The van der Waals surface area contributed by atoms with E-state index in [1.807, 2.05) is 0 Å². The molecule has 2 heterocycles. The van der Waals surface area contributed by atoms with Gasteiger partial charge in [0.2, 0.25) is 0 Å². The summed E-state index contributed by atoms with van der Waals surface area (Å²) in [6.07, 6.45) is 5.32. The maximum Gasteiger partial charge on any atom is 0.0175 e. The van der Waals surface area contributed by atoms with Crippen LogP contribution in [0.25, 0.3) is 0 Å². The van der Waals surface area contributed by atoms with Crippen LogP contribution in [0.15, 0.2) is 28.7 Å². The topological polar surface area (TPSA) is 15.3 Å². The first kappa shape index (κ1) is 13.6. The minimum Gasteiger partial charge on any atom is -0.317 e. The van der Waals surface area contributed by atoms with Crippen LogP contribution in [-0.4, -0.2) is 37.1 Å². The van der Waals surface area contributed by atoms with E-state index in [1.165, 1.54) is 61.9 Å². The lowest BCUT2D eigenvalue weighted by Crippen LogP contribution is -2.46. The van der Waals surface area contributed by atoms with Gasteiger partial charge in [0, 0.05) is 10.5 Å². The lowest BCUT2D eigenvalue weighted by atomic mass is 9.88. The van der Waals surface area contributed by atoms with E-state index in [4.69, 9.17) is 0 Å². The third-order valence-electron chi connectivity index (χ3n) is 4.70. The SMILES string of the molecule is Brc1ccc(C2CCN(C3CCNCC3)CC2)cc1. The van der Waals surface area contributed by atoms with Crippen LogP contribution in [0, 0.1) is 0 Å². The second-order valence-corrected chi connectivity index (χ2v) is 6.76. The molecule has 0 atom stereocenters. The van der Waals surface area contributed by atoms with Crippen LogP contribution in [0.1, 0.15) is 37.2 Å². The van der Waals surface area contributed by atoms with Gasteiger partial charge in [-0.25, -0.2) is 0 Å². The molecule has 3 heteroatoms. The molecule has 0 aromatic heterocycles. The predicted octanol–water partition coefficient (Wildman–Crippen LogP) is 3.38. The van der Waals surface area contributed by atoms with Gasteiger partial charge in [0.05, 0.1) is 0 Å². The van der Waals surface area contributed by atoms with Gasteiger partial charge in [0.25, 0.3) is 0 Å². The molecule has 2 nitrogen and oxygen atoms in total. The Kier molecular flexibility index (Phi) is 4.57. The molecule has 2 aliphatic heterocycles. The largest absolute Gasteiger partial charge is 0.317 e. The highest BCUT2D eigenvalue weighted by Crippen LogP contribution is 2.30. The normalized spacial score (nSPS) is 23.6. The number of nitrogens with one attached hydrogen (secondary N) is 1. The lowest BCUT2D eigenvalue weighted by molar-refractivity contribution is 0.127. The molecule has 1 aromatic carbocycles. The van der Waals surface area contributed by atoms with Crippen molar-refractivity contribution in [2.75, 3.05) is 26.2 Å². The van der Waals surface area contributed by atoms with Gasteiger partial charge in [-0.05, 0) is 75.5 Å². The number of nitrogens with zero attached hydrogens (tertiary/aromatic N) is 1. The van der Waals surface area contributed by atoms with Crippen molar-refractivity contribution in [2.24, 2.45) is 0 Å². The maximum atomic E-state index is 3.52. The van der Waals surface area contributed by atoms with Crippen molar-refractivity contribution >= 4 is 15.9 Å². The van der Waals surface area contributed by atoms with Crippen LogP contribution >= 0.6 is 15.9 Å². The third-order valence-corrected chi connectivity index (χ3v) is 5.22. The molecule has 0 spiro atoms. The van der Waals surface area contributed by atoms with Gasteiger partial charge in [-0.1, -0.05) is 28.1 Å². The monoisotopic (exact) mass is 322 g/mol. The zero-order chi connectivity index (χ0) is 13.1. The third kappa shape index (κ3) is 3.39. The Morgan fingerprint density at radius 3 is 2.21 bits per heavy atom. The maximum absolute atomic E-state index is 3.52. The molecule has 2 fully saturated rings. The number of likely N-dealkylation sites (tertiary alicyclic amines) is 1. The number of benzene rings is 1. The quantitative estimate of drug-likeness (QED) is 0.898. The Morgan fingerprint density at radius 1 is 0.947 bits per heavy atom. The Labute approximate surface area is 124 Å². The average molecular weight is 323 g/mol. The number of piperidine rings is 2. The van der Waals surface area contributed by atoms with E-state index < -0.39 is 0 Å². The Hall–Kier alpha value is -0.380. The molecule has 0 saturated carbocycles. The Balaban J connectivity index is 1.55. The molecule has 1 N–H and O–H groups in total. The molecule has 2 aliphatic rings. The van der Waals surface area contributed by atoms with Crippen LogP contribution in [0.4, 0.5) is 0 Å². The highest BCUT2D eigenvalue weighted by molar-refractivity contribution is 9.10. The standard InChI is InChI=1S/C16H23BrN2/c17-15-3-1-13(2-4-15)14-7-11-19(12-8-14)16-5-9-18-10-6-16/h1-4,14,16,18H,5-12H2. The summed E-state index contributed by atoms with van der Waals surface area (Å²) in [5, 5.41) is 3.46. The molecule has 19 heavy (non-hydrogen) atoms. The van der Waals surface area contributed by atoms with Crippen LogP contribution in [0.5, 0.6) is 0 Å². The summed E-state index contributed by atoms with van der Waals surface area (Å²) in [5.74, 6) is 0.770. The number of hydrogen-bond acceptors (Lipinski definition) is 2. The van der Waals surface area contributed by atoms with E-state index in [1.54, 1.807) is 0 Å². The molecule has 1 aromatic rings. The van der Waals surface area contributed by atoms with Gasteiger partial charge in [-0.3, -0.25) is 0 Å². The summed E-state index contributed by atoms with van der Waals surface area (Å²) in [5.41, 5.74) is 1.52. The summed E-state index contributed by atoms with van der Waals surface area (Å²) in [6, 6.07) is 9.76. The number of hydrogen-bond donors (Lipinski definition) is 1. The zero-order valence-electron chi connectivity index (χ0n) is 11.4. The fourth-order valence-electron chi connectivity index (χ4n) is 3.50. The molecule has 0 aliphatic carbocycles. The molecular formula is C16H23BrN2. The number of rotatable bonds is 2. The molecule has 104 valence electrons. The van der Waals surface area contributed by atoms with E-state index in [-0.39, 0.29) is 0 Å². The highest BCUT2D eigenvalue weighted by atomic mass is 79.9. The fourth-order valence-corrected chi connectivity index (χ4v) is 3.77. The smallest absolute Gasteiger partial charge is 0.0175 e. The lowest BCUT2D eigenvalue weighted by Gasteiger charge is -2.39. The van der Waals surface area contributed by atoms with E-state index >= 15 is 0 Å². The molecular weight excluding hydrogens is 300 g/mol. The molecule has 0 bridgehead atoms. The molecule has 3 rings (SSSR count). The minimum atomic E-state index is 0.770.